The molecule has 3 aromatic rings. The van der Waals surface area contributed by atoms with Crippen LogP contribution >= 0.6 is 0 Å². The number of rotatable bonds is 6. The highest BCUT2D eigenvalue weighted by Gasteiger charge is 2.34. The van der Waals surface area contributed by atoms with E-state index in [-0.39, 0.29) is 36.8 Å². The highest BCUT2D eigenvalue weighted by Crippen LogP contribution is 2.44. The van der Waals surface area contributed by atoms with E-state index in [0.717, 1.165) is 36.4 Å². The molecule has 2 nitrogen and oxygen atoms in total. The van der Waals surface area contributed by atoms with Gasteiger partial charge in [-0.25, -0.2) is 4.79 Å². The number of carboxylic acids is 1. The van der Waals surface area contributed by atoms with Gasteiger partial charge in [-0.1, -0.05) is 18.2 Å². The number of aromatic carboxylic acids is 1. The van der Waals surface area contributed by atoms with Crippen LogP contribution < -0.4 is 0 Å². The minimum absolute atomic E-state index is 0.0363. The molecule has 0 aromatic heterocycles. The van der Waals surface area contributed by atoms with Crippen molar-refractivity contribution in [2.75, 3.05) is 0 Å². The maximum atomic E-state index is 13.6. The van der Waals surface area contributed by atoms with Gasteiger partial charge in [-0.2, -0.15) is 39.5 Å². The summed E-state index contributed by atoms with van der Waals surface area (Å²) in [5.74, 6) is -1.58. The normalized spacial score (nSPS) is 14.6. The van der Waals surface area contributed by atoms with Crippen LogP contribution in [0.1, 0.15) is 68.6 Å². The lowest BCUT2D eigenvalue weighted by Gasteiger charge is -2.18. The average molecular weight is 572 g/mol. The first-order valence-electron chi connectivity index (χ1n) is 12.1. The molecule has 0 spiro atoms. The molecule has 1 aliphatic carbocycles. The van der Waals surface area contributed by atoms with E-state index in [1.165, 1.54) is 18.2 Å². The van der Waals surface area contributed by atoms with Gasteiger partial charge in [0.15, 0.2) is 0 Å². The molecule has 0 saturated carbocycles. The summed E-state index contributed by atoms with van der Waals surface area (Å²) < 4.78 is 120. The van der Waals surface area contributed by atoms with Gasteiger partial charge in [-0.15, -0.1) is 0 Å². The number of allylic oxidation sites excluding steroid dienone is 2. The SMILES string of the molecule is O=C(O)c1cc(C2=C(c3cc(C(F)(F)F)ccc3CCc3ccc(C(F)(F)F)cc3)CCC2)cc(C(F)(F)F)c1. The zero-order valence-corrected chi connectivity index (χ0v) is 20.6. The third kappa shape index (κ3) is 6.51. The Bertz CT molecular complexity index is 1440. The van der Waals surface area contributed by atoms with Gasteiger partial charge < -0.3 is 5.11 Å². The van der Waals surface area contributed by atoms with Crippen molar-refractivity contribution < 1.29 is 49.4 Å². The first-order valence-corrected chi connectivity index (χ1v) is 12.1. The Morgan fingerprint density at radius 2 is 1.23 bits per heavy atom. The topological polar surface area (TPSA) is 37.3 Å². The van der Waals surface area contributed by atoms with E-state index in [0.29, 0.717) is 34.8 Å². The summed E-state index contributed by atoms with van der Waals surface area (Å²) in [6, 6.07) is 9.83. The molecular formula is C29H21F9O2. The summed E-state index contributed by atoms with van der Waals surface area (Å²) in [5.41, 5.74) is -1.80. The number of benzene rings is 3. The van der Waals surface area contributed by atoms with E-state index in [1.54, 1.807) is 0 Å². The second kappa shape index (κ2) is 10.7. The molecule has 11 heteroatoms. The van der Waals surface area contributed by atoms with Crippen LogP contribution in [-0.4, -0.2) is 11.1 Å². The zero-order valence-electron chi connectivity index (χ0n) is 20.6. The predicted molar refractivity (Wildman–Crippen MR) is 129 cm³/mol. The van der Waals surface area contributed by atoms with Crippen molar-refractivity contribution in [3.05, 3.63) is 105 Å². The minimum Gasteiger partial charge on any atom is -0.478 e. The van der Waals surface area contributed by atoms with E-state index in [9.17, 15) is 49.4 Å². The van der Waals surface area contributed by atoms with Crippen LogP contribution in [0.15, 0.2) is 60.7 Å². The van der Waals surface area contributed by atoms with Crippen molar-refractivity contribution in [3.8, 4) is 0 Å². The Labute approximate surface area is 222 Å². The fraction of sp³-hybridized carbons (Fsp3) is 0.276. The lowest BCUT2D eigenvalue weighted by molar-refractivity contribution is -0.138. The van der Waals surface area contributed by atoms with Crippen LogP contribution in [0, 0.1) is 0 Å². The molecule has 212 valence electrons. The van der Waals surface area contributed by atoms with Crippen molar-refractivity contribution in [2.45, 2.75) is 50.6 Å². The quantitative estimate of drug-likeness (QED) is 0.299. The Morgan fingerprint density at radius 3 is 1.80 bits per heavy atom. The molecule has 4 rings (SSSR count). The summed E-state index contributed by atoms with van der Waals surface area (Å²) in [4.78, 5) is 11.5. The number of carboxylic acid groups (broad SMARTS) is 1. The molecule has 1 aliphatic rings. The van der Waals surface area contributed by atoms with E-state index in [2.05, 4.69) is 0 Å². The summed E-state index contributed by atoms with van der Waals surface area (Å²) >= 11 is 0. The van der Waals surface area contributed by atoms with Crippen LogP contribution in [0.3, 0.4) is 0 Å². The molecule has 0 bridgehead atoms. The van der Waals surface area contributed by atoms with Crippen molar-refractivity contribution in [1.82, 2.24) is 0 Å². The zero-order chi connectivity index (χ0) is 29.5. The lowest BCUT2D eigenvalue weighted by atomic mass is 9.89. The highest BCUT2D eigenvalue weighted by molar-refractivity contribution is 5.96. The Kier molecular flexibility index (Phi) is 7.79. The van der Waals surface area contributed by atoms with Crippen LogP contribution in [0.4, 0.5) is 39.5 Å². The fourth-order valence-electron chi connectivity index (χ4n) is 4.84. The molecule has 40 heavy (non-hydrogen) atoms. The number of alkyl halides is 9. The third-order valence-corrected chi connectivity index (χ3v) is 6.80. The van der Waals surface area contributed by atoms with Crippen molar-refractivity contribution in [1.29, 1.82) is 0 Å². The van der Waals surface area contributed by atoms with Crippen molar-refractivity contribution >= 4 is 17.1 Å². The van der Waals surface area contributed by atoms with Gasteiger partial charge in [-0.3, -0.25) is 0 Å². The van der Waals surface area contributed by atoms with Gasteiger partial charge in [0.2, 0.25) is 0 Å². The number of carbonyl (C=O) groups is 1. The van der Waals surface area contributed by atoms with Crippen LogP contribution in [0.2, 0.25) is 0 Å². The van der Waals surface area contributed by atoms with Gasteiger partial charge in [0, 0.05) is 0 Å². The van der Waals surface area contributed by atoms with E-state index >= 15 is 0 Å². The Morgan fingerprint density at radius 1 is 0.650 bits per heavy atom. The largest absolute Gasteiger partial charge is 0.478 e. The molecular weight excluding hydrogens is 551 g/mol. The molecule has 3 aromatic carbocycles. The summed E-state index contributed by atoms with van der Waals surface area (Å²) in [6.45, 7) is 0. The summed E-state index contributed by atoms with van der Waals surface area (Å²) in [6.07, 6.45) is -12.8. The summed E-state index contributed by atoms with van der Waals surface area (Å²) in [5, 5.41) is 9.36. The maximum Gasteiger partial charge on any atom is 0.416 e. The fourth-order valence-corrected chi connectivity index (χ4v) is 4.84. The molecule has 0 heterocycles. The molecule has 0 saturated heterocycles. The molecule has 0 amide bonds. The van der Waals surface area contributed by atoms with Crippen LogP contribution in [0.25, 0.3) is 11.1 Å². The molecule has 0 fully saturated rings. The predicted octanol–water partition coefficient (Wildman–Crippen LogP) is 9.32. The van der Waals surface area contributed by atoms with Crippen molar-refractivity contribution in [3.63, 3.8) is 0 Å². The summed E-state index contributed by atoms with van der Waals surface area (Å²) in [7, 11) is 0. The minimum atomic E-state index is -4.84. The molecule has 0 unspecified atom stereocenters. The molecule has 0 radical (unpaired) electrons. The average Bonchev–Trinajstić information content (AvgIpc) is 3.35. The highest BCUT2D eigenvalue weighted by atomic mass is 19.4. The first kappa shape index (κ1) is 29.2. The standard InChI is InChI=1S/C29H21F9O2/c30-27(31,32)20-9-5-16(6-10-20)4-7-17-8-11-21(28(33,34)35)15-25(17)24-3-1-2-23(24)18-12-19(26(39)40)14-22(13-18)29(36,37)38/h5-6,8-15H,1-4,7H2,(H,39,40). The first-order chi connectivity index (χ1) is 18.5. The molecule has 0 aliphatic heterocycles. The van der Waals surface area contributed by atoms with Crippen LogP contribution in [-0.2, 0) is 31.4 Å². The second-order valence-electron chi connectivity index (χ2n) is 9.48. The van der Waals surface area contributed by atoms with Gasteiger partial charge in [0.05, 0.1) is 22.3 Å². The Balaban J connectivity index is 1.79. The lowest BCUT2D eigenvalue weighted by Crippen LogP contribution is -2.09. The van der Waals surface area contributed by atoms with Gasteiger partial charge in [0.1, 0.15) is 0 Å². The second-order valence-corrected chi connectivity index (χ2v) is 9.48. The van der Waals surface area contributed by atoms with Gasteiger partial charge in [-0.05, 0) is 108 Å². The third-order valence-electron chi connectivity index (χ3n) is 6.80. The number of halogens is 9. The van der Waals surface area contributed by atoms with E-state index < -0.39 is 46.8 Å². The number of hydrogen-bond acceptors (Lipinski definition) is 1. The van der Waals surface area contributed by atoms with Gasteiger partial charge in [0.25, 0.3) is 0 Å². The van der Waals surface area contributed by atoms with E-state index in [1.807, 2.05) is 0 Å². The van der Waals surface area contributed by atoms with Crippen molar-refractivity contribution in [2.24, 2.45) is 0 Å². The monoisotopic (exact) mass is 572 g/mol. The van der Waals surface area contributed by atoms with Crippen LogP contribution in [0.5, 0.6) is 0 Å². The smallest absolute Gasteiger partial charge is 0.416 e. The molecule has 1 N–H and O–H groups in total. The Hall–Kier alpha value is -3.76. The number of aryl methyl sites for hydroxylation is 2. The van der Waals surface area contributed by atoms with E-state index in [4.69, 9.17) is 0 Å². The molecule has 0 atom stereocenters. The number of hydrogen-bond donors (Lipinski definition) is 1. The maximum absolute atomic E-state index is 13.6. The van der Waals surface area contributed by atoms with Gasteiger partial charge >= 0.3 is 24.5 Å².